The van der Waals surface area contributed by atoms with E-state index in [9.17, 15) is 0 Å². The van der Waals surface area contributed by atoms with Gasteiger partial charge in [0, 0.05) is 18.4 Å². The zero-order chi connectivity index (χ0) is 10.7. The van der Waals surface area contributed by atoms with Crippen molar-refractivity contribution in [3.63, 3.8) is 0 Å². The van der Waals surface area contributed by atoms with E-state index in [1.54, 1.807) is 18.7 Å². The lowest BCUT2D eigenvalue weighted by molar-refractivity contribution is 0.564. The molecule has 0 bridgehead atoms. The Morgan fingerprint density at radius 1 is 1.47 bits per heavy atom. The van der Waals surface area contributed by atoms with Crippen molar-refractivity contribution in [2.45, 2.75) is 13.0 Å². The molecule has 0 aromatic carbocycles. The van der Waals surface area contributed by atoms with Gasteiger partial charge in [-0.3, -0.25) is 4.98 Å². The van der Waals surface area contributed by atoms with Crippen molar-refractivity contribution < 1.29 is 4.42 Å². The minimum atomic E-state index is 0.194. The summed E-state index contributed by atoms with van der Waals surface area (Å²) in [7, 11) is 1.89. The fraction of sp³-hybridized carbons (Fsp3) is 0.273. The molecule has 0 saturated heterocycles. The zero-order valence-corrected chi connectivity index (χ0v) is 8.77. The van der Waals surface area contributed by atoms with Gasteiger partial charge in [0.2, 0.25) is 5.89 Å². The Hall–Kier alpha value is -1.68. The van der Waals surface area contributed by atoms with Gasteiger partial charge in [-0.1, -0.05) is 0 Å². The molecule has 4 heteroatoms. The summed E-state index contributed by atoms with van der Waals surface area (Å²) >= 11 is 0. The molecular weight excluding hydrogens is 190 g/mol. The van der Waals surface area contributed by atoms with Crippen LogP contribution in [0.2, 0.25) is 0 Å². The highest BCUT2D eigenvalue weighted by molar-refractivity contribution is 5.50. The summed E-state index contributed by atoms with van der Waals surface area (Å²) in [6.07, 6.45) is 5.13. The summed E-state index contributed by atoms with van der Waals surface area (Å²) in [4.78, 5) is 8.40. The van der Waals surface area contributed by atoms with Gasteiger partial charge in [0.05, 0.1) is 11.3 Å². The fourth-order valence-corrected chi connectivity index (χ4v) is 1.25. The molecule has 2 aromatic rings. The van der Waals surface area contributed by atoms with Gasteiger partial charge in [-0.05, 0) is 26.1 Å². The van der Waals surface area contributed by atoms with Crippen molar-refractivity contribution in [2.24, 2.45) is 0 Å². The second-order valence-corrected chi connectivity index (χ2v) is 3.33. The Labute approximate surface area is 88.4 Å². The smallest absolute Gasteiger partial charge is 0.227 e. The molecule has 2 heterocycles. The SMILES string of the molecule is CNC(C)c1coc(-c2cccnc2)n1. The Bertz CT molecular complexity index is 424. The van der Waals surface area contributed by atoms with Crippen LogP contribution >= 0.6 is 0 Å². The van der Waals surface area contributed by atoms with Crippen molar-refractivity contribution in [1.29, 1.82) is 0 Å². The van der Waals surface area contributed by atoms with Gasteiger partial charge in [0.15, 0.2) is 0 Å². The molecule has 15 heavy (non-hydrogen) atoms. The number of nitrogens with zero attached hydrogens (tertiary/aromatic N) is 2. The minimum Gasteiger partial charge on any atom is -0.444 e. The van der Waals surface area contributed by atoms with Gasteiger partial charge >= 0.3 is 0 Å². The highest BCUT2D eigenvalue weighted by atomic mass is 16.3. The molecule has 0 fully saturated rings. The van der Waals surface area contributed by atoms with Gasteiger partial charge < -0.3 is 9.73 Å². The monoisotopic (exact) mass is 203 g/mol. The van der Waals surface area contributed by atoms with Crippen molar-refractivity contribution in [3.8, 4) is 11.5 Å². The third-order valence-electron chi connectivity index (χ3n) is 2.31. The van der Waals surface area contributed by atoms with Crippen molar-refractivity contribution in [2.75, 3.05) is 7.05 Å². The molecule has 0 amide bonds. The van der Waals surface area contributed by atoms with Gasteiger partial charge in [-0.25, -0.2) is 4.98 Å². The maximum atomic E-state index is 5.38. The second kappa shape index (κ2) is 4.23. The van der Waals surface area contributed by atoms with E-state index in [1.807, 2.05) is 26.1 Å². The van der Waals surface area contributed by atoms with Crippen LogP contribution in [0.1, 0.15) is 18.7 Å². The quantitative estimate of drug-likeness (QED) is 0.829. The van der Waals surface area contributed by atoms with E-state index >= 15 is 0 Å². The van der Waals surface area contributed by atoms with E-state index in [4.69, 9.17) is 4.42 Å². The van der Waals surface area contributed by atoms with E-state index in [0.29, 0.717) is 5.89 Å². The zero-order valence-electron chi connectivity index (χ0n) is 8.77. The van der Waals surface area contributed by atoms with Crippen LogP contribution in [-0.2, 0) is 0 Å². The summed E-state index contributed by atoms with van der Waals surface area (Å²) in [5.41, 5.74) is 1.79. The number of nitrogens with one attached hydrogen (secondary N) is 1. The first-order valence-corrected chi connectivity index (χ1v) is 4.84. The number of oxazole rings is 1. The van der Waals surface area contributed by atoms with Crippen LogP contribution in [0.5, 0.6) is 0 Å². The molecule has 1 unspecified atom stereocenters. The molecule has 4 nitrogen and oxygen atoms in total. The molecule has 0 aliphatic rings. The van der Waals surface area contributed by atoms with Gasteiger partial charge in [-0.2, -0.15) is 0 Å². The Morgan fingerprint density at radius 3 is 3.00 bits per heavy atom. The molecular formula is C11H13N3O. The van der Waals surface area contributed by atoms with Crippen LogP contribution in [0.25, 0.3) is 11.5 Å². The van der Waals surface area contributed by atoms with Gasteiger partial charge in [-0.15, -0.1) is 0 Å². The number of rotatable bonds is 3. The number of hydrogen-bond acceptors (Lipinski definition) is 4. The van der Waals surface area contributed by atoms with E-state index in [2.05, 4.69) is 15.3 Å². The third kappa shape index (κ3) is 2.05. The number of hydrogen-bond donors (Lipinski definition) is 1. The van der Waals surface area contributed by atoms with E-state index in [1.165, 1.54) is 0 Å². The molecule has 1 atom stereocenters. The fourth-order valence-electron chi connectivity index (χ4n) is 1.25. The predicted molar refractivity (Wildman–Crippen MR) is 57.2 cm³/mol. The minimum absolute atomic E-state index is 0.194. The van der Waals surface area contributed by atoms with Crippen molar-refractivity contribution >= 4 is 0 Å². The van der Waals surface area contributed by atoms with Crippen LogP contribution in [0, 0.1) is 0 Å². The normalized spacial score (nSPS) is 12.7. The first kappa shape index (κ1) is 9.86. The lowest BCUT2D eigenvalue weighted by Crippen LogP contribution is -2.12. The standard InChI is InChI=1S/C11H13N3O/c1-8(12-2)10-7-15-11(14-10)9-4-3-5-13-6-9/h3-8,12H,1-2H3. The van der Waals surface area contributed by atoms with Crippen LogP contribution in [0.3, 0.4) is 0 Å². The van der Waals surface area contributed by atoms with Crippen LogP contribution < -0.4 is 5.32 Å². The topological polar surface area (TPSA) is 51.0 Å². The molecule has 1 N–H and O–H groups in total. The maximum absolute atomic E-state index is 5.38. The molecule has 0 saturated carbocycles. The summed E-state index contributed by atoms with van der Waals surface area (Å²) in [5, 5.41) is 3.11. The first-order chi connectivity index (χ1) is 7.31. The Morgan fingerprint density at radius 2 is 2.33 bits per heavy atom. The van der Waals surface area contributed by atoms with Crippen molar-refractivity contribution in [3.05, 3.63) is 36.5 Å². The van der Waals surface area contributed by atoms with E-state index in [-0.39, 0.29) is 6.04 Å². The summed E-state index contributed by atoms with van der Waals surface area (Å²) < 4.78 is 5.38. The molecule has 2 aromatic heterocycles. The molecule has 2 rings (SSSR count). The number of pyridine rings is 1. The Kier molecular flexibility index (Phi) is 2.78. The summed E-state index contributed by atoms with van der Waals surface area (Å²) in [6.45, 7) is 2.03. The van der Waals surface area contributed by atoms with Crippen LogP contribution in [0.15, 0.2) is 35.2 Å². The average molecular weight is 203 g/mol. The lowest BCUT2D eigenvalue weighted by Gasteiger charge is -2.03. The third-order valence-corrected chi connectivity index (χ3v) is 2.31. The second-order valence-electron chi connectivity index (χ2n) is 3.33. The van der Waals surface area contributed by atoms with E-state index in [0.717, 1.165) is 11.3 Å². The van der Waals surface area contributed by atoms with Crippen LogP contribution in [0.4, 0.5) is 0 Å². The first-order valence-electron chi connectivity index (χ1n) is 4.84. The maximum Gasteiger partial charge on any atom is 0.227 e. The van der Waals surface area contributed by atoms with Crippen LogP contribution in [-0.4, -0.2) is 17.0 Å². The van der Waals surface area contributed by atoms with Gasteiger partial charge in [0.25, 0.3) is 0 Å². The molecule has 0 aliphatic carbocycles. The Balaban J connectivity index is 2.28. The molecule has 0 aliphatic heterocycles. The van der Waals surface area contributed by atoms with E-state index < -0.39 is 0 Å². The highest BCUT2D eigenvalue weighted by Gasteiger charge is 2.10. The summed E-state index contributed by atoms with van der Waals surface area (Å²) in [5.74, 6) is 0.611. The molecule has 0 radical (unpaired) electrons. The van der Waals surface area contributed by atoms with Gasteiger partial charge in [0.1, 0.15) is 6.26 Å². The van der Waals surface area contributed by atoms with Crippen molar-refractivity contribution in [1.82, 2.24) is 15.3 Å². The molecule has 78 valence electrons. The highest BCUT2D eigenvalue weighted by Crippen LogP contribution is 2.19. The average Bonchev–Trinajstić information content (AvgIpc) is 2.78. The number of aromatic nitrogens is 2. The lowest BCUT2D eigenvalue weighted by atomic mass is 10.2. The summed E-state index contributed by atoms with van der Waals surface area (Å²) in [6, 6.07) is 3.98. The molecule has 0 spiro atoms. The predicted octanol–water partition coefficient (Wildman–Crippen LogP) is 2.02. The largest absolute Gasteiger partial charge is 0.444 e.